The topological polar surface area (TPSA) is 87.4 Å². The van der Waals surface area contributed by atoms with Gasteiger partial charge in [-0.2, -0.15) is 5.26 Å². The number of carbonyl (C=O) groups is 2. The van der Waals surface area contributed by atoms with Crippen molar-refractivity contribution in [2.24, 2.45) is 0 Å². The number of benzene rings is 3. The Balaban J connectivity index is 1.69. The SMILES string of the molecule is CCn1c(-c2cccc(NC(=O)N(S)C(=O)c3ccccc3)c2)c(C#N)c2ccc(OC)cc21. The second-order valence-corrected chi connectivity index (χ2v) is 7.86. The average molecular weight is 471 g/mol. The zero-order valence-corrected chi connectivity index (χ0v) is 19.5. The van der Waals surface area contributed by atoms with E-state index in [1.165, 1.54) is 0 Å². The number of fused-ring (bicyclic) bond motifs is 1. The van der Waals surface area contributed by atoms with Gasteiger partial charge in [-0.05, 0) is 43.3 Å². The largest absolute Gasteiger partial charge is 0.497 e. The fraction of sp³-hybridized carbons (Fsp3) is 0.115. The van der Waals surface area contributed by atoms with Gasteiger partial charge in [-0.3, -0.25) is 4.79 Å². The third-order valence-electron chi connectivity index (χ3n) is 5.49. The molecule has 0 radical (unpaired) electrons. The number of anilines is 1. The summed E-state index contributed by atoms with van der Waals surface area (Å²) in [5.74, 6) is 0.165. The van der Waals surface area contributed by atoms with Gasteiger partial charge in [0, 0.05) is 34.8 Å². The second kappa shape index (κ2) is 9.73. The molecule has 0 bridgehead atoms. The number of imide groups is 1. The quantitative estimate of drug-likeness (QED) is 0.365. The third kappa shape index (κ3) is 4.21. The molecule has 0 spiro atoms. The molecule has 0 aliphatic carbocycles. The Morgan fingerprint density at radius 3 is 2.53 bits per heavy atom. The van der Waals surface area contributed by atoms with Crippen molar-refractivity contribution in [3.05, 3.63) is 83.9 Å². The number of hydrogen-bond donors (Lipinski definition) is 2. The number of aryl methyl sites for hydroxylation is 1. The lowest BCUT2D eigenvalue weighted by molar-refractivity contribution is 0.0902. The van der Waals surface area contributed by atoms with Crippen LogP contribution in [0.15, 0.2) is 72.8 Å². The molecule has 0 saturated heterocycles. The van der Waals surface area contributed by atoms with E-state index in [0.717, 1.165) is 26.5 Å². The van der Waals surface area contributed by atoms with Crippen molar-refractivity contribution in [3.63, 3.8) is 0 Å². The van der Waals surface area contributed by atoms with Crippen LogP contribution in [0.5, 0.6) is 5.75 Å². The summed E-state index contributed by atoms with van der Waals surface area (Å²) in [5.41, 5.74) is 3.74. The summed E-state index contributed by atoms with van der Waals surface area (Å²) in [4.78, 5) is 25.2. The maximum atomic E-state index is 12.7. The maximum absolute atomic E-state index is 12.7. The summed E-state index contributed by atoms with van der Waals surface area (Å²) in [6, 6.07) is 22.8. The average Bonchev–Trinajstić information content (AvgIpc) is 3.21. The van der Waals surface area contributed by atoms with Crippen LogP contribution in [-0.2, 0) is 6.54 Å². The predicted molar refractivity (Wildman–Crippen MR) is 135 cm³/mol. The Morgan fingerprint density at radius 2 is 1.85 bits per heavy atom. The van der Waals surface area contributed by atoms with Crippen LogP contribution >= 0.6 is 12.8 Å². The Kier molecular flexibility index (Phi) is 6.57. The summed E-state index contributed by atoms with van der Waals surface area (Å²) in [6.45, 7) is 2.64. The molecule has 0 fully saturated rings. The van der Waals surface area contributed by atoms with E-state index in [9.17, 15) is 14.9 Å². The van der Waals surface area contributed by atoms with Crippen LogP contribution in [0.4, 0.5) is 10.5 Å². The number of urea groups is 1. The van der Waals surface area contributed by atoms with Crippen LogP contribution in [0.1, 0.15) is 22.8 Å². The molecule has 0 unspecified atom stereocenters. The predicted octanol–water partition coefficient (Wildman–Crippen LogP) is 5.73. The molecule has 4 rings (SSSR count). The molecule has 3 amide bonds. The molecule has 0 aliphatic heterocycles. The number of nitrogens with zero attached hydrogens (tertiary/aromatic N) is 3. The minimum absolute atomic E-state index is 0.350. The van der Waals surface area contributed by atoms with E-state index < -0.39 is 11.9 Å². The molecule has 4 aromatic rings. The van der Waals surface area contributed by atoms with Gasteiger partial charge in [-0.1, -0.05) is 43.1 Å². The van der Waals surface area contributed by atoms with Crippen LogP contribution in [0, 0.1) is 11.3 Å². The summed E-state index contributed by atoms with van der Waals surface area (Å²) in [5, 5.41) is 13.5. The molecule has 8 heteroatoms. The van der Waals surface area contributed by atoms with Gasteiger partial charge in [0.15, 0.2) is 0 Å². The number of amides is 3. The van der Waals surface area contributed by atoms with Crippen LogP contribution in [0.25, 0.3) is 22.2 Å². The number of nitriles is 1. The zero-order chi connectivity index (χ0) is 24.2. The first kappa shape index (κ1) is 23.0. The molecule has 3 aromatic carbocycles. The van der Waals surface area contributed by atoms with Gasteiger partial charge >= 0.3 is 6.03 Å². The molecule has 1 aromatic heterocycles. The number of rotatable bonds is 5. The number of ether oxygens (including phenoxy) is 1. The third-order valence-corrected chi connectivity index (χ3v) is 5.86. The van der Waals surface area contributed by atoms with Gasteiger partial charge in [-0.25, -0.2) is 9.10 Å². The summed E-state index contributed by atoms with van der Waals surface area (Å²) >= 11 is 4.09. The molecule has 170 valence electrons. The fourth-order valence-electron chi connectivity index (χ4n) is 3.91. The lowest BCUT2D eigenvalue weighted by atomic mass is 10.1. The number of aromatic nitrogens is 1. The minimum Gasteiger partial charge on any atom is -0.497 e. The smallest absolute Gasteiger partial charge is 0.338 e. The highest BCUT2D eigenvalue weighted by Gasteiger charge is 2.21. The zero-order valence-electron chi connectivity index (χ0n) is 18.6. The van der Waals surface area contributed by atoms with Crippen molar-refractivity contribution in [1.82, 2.24) is 8.87 Å². The molecule has 1 N–H and O–H groups in total. The van der Waals surface area contributed by atoms with Gasteiger partial charge in [-0.15, -0.1) is 0 Å². The normalized spacial score (nSPS) is 10.5. The van der Waals surface area contributed by atoms with E-state index in [2.05, 4.69) is 24.2 Å². The van der Waals surface area contributed by atoms with E-state index >= 15 is 0 Å². The Hall–Kier alpha value is -4.22. The van der Waals surface area contributed by atoms with Crippen LogP contribution in [0.2, 0.25) is 0 Å². The summed E-state index contributed by atoms with van der Waals surface area (Å²) < 4.78 is 8.14. The van der Waals surface area contributed by atoms with E-state index in [1.54, 1.807) is 55.6 Å². The molecule has 7 nitrogen and oxygen atoms in total. The van der Waals surface area contributed by atoms with Gasteiger partial charge in [0.25, 0.3) is 5.91 Å². The monoisotopic (exact) mass is 470 g/mol. The van der Waals surface area contributed by atoms with Gasteiger partial charge in [0.05, 0.1) is 23.9 Å². The lowest BCUT2D eigenvalue weighted by Crippen LogP contribution is -2.32. The fourth-order valence-corrected chi connectivity index (χ4v) is 4.08. The highest BCUT2D eigenvalue weighted by Crippen LogP contribution is 2.36. The highest BCUT2D eigenvalue weighted by atomic mass is 32.1. The van der Waals surface area contributed by atoms with E-state index in [4.69, 9.17) is 4.74 Å². The highest BCUT2D eigenvalue weighted by molar-refractivity contribution is 7.79. The van der Waals surface area contributed by atoms with Crippen LogP contribution in [-0.4, -0.2) is 27.9 Å². The van der Waals surface area contributed by atoms with E-state index in [-0.39, 0.29) is 0 Å². The van der Waals surface area contributed by atoms with Crippen LogP contribution in [0.3, 0.4) is 0 Å². The minimum atomic E-state index is -0.685. The van der Waals surface area contributed by atoms with Crippen molar-refractivity contribution in [3.8, 4) is 23.1 Å². The van der Waals surface area contributed by atoms with Crippen molar-refractivity contribution < 1.29 is 14.3 Å². The number of carbonyl (C=O) groups excluding carboxylic acids is 2. The van der Waals surface area contributed by atoms with Gasteiger partial charge in [0.2, 0.25) is 0 Å². The van der Waals surface area contributed by atoms with E-state index in [1.807, 2.05) is 35.8 Å². The first-order chi connectivity index (χ1) is 16.5. The lowest BCUT2D eigenvalue weighted by Gasteiger charge is -2.16. The van der Waals surface area contributed by atoms with Crippen molar-refractivity contribution in [2.75, 3.05) is 12.4 Å². The molecular formula is C26H22N4O3S. The number of hydrogen-bond acceptors (Lipinski definition) is 5. The second-order valence-electron chi connectivity index (χ2n) is 7.46. The van der Waals surface area contributed by atoms with Gasteiger partial charge in [0.1, 0.15) is 11.8 Å². The number of thiol groups is 1. The molecular weight excluding hydrogens is 448 g/mol. The Bertz CT molecular complexity index is 1420. The first-order valence-corrected chi connectivity index (χ1v) is 11.0. The van der Waals surface area contributed by atoms with Crippen molar-refractivity contribution in [2.45, 2.75) is 13.5 Å². The number of methoxy groups -OCH3 is 1. The maximum Gasteiger partial charge on any atom is 0.338 e. The number of nitrogens with one attached hydrogen (secondary N) is 1. The molecule has 0 aliphatic rings. The first-order valence-electron chi connectivity index (χ1n) is 10.6. The summed E-state index contributed by atoms with van der Waals surface area (Å²) in [7, 11) is 1.60. The Labute approximate surface area is 202 Å². The summed E-state index contributed by atoms with van der Waals surface area (Å²) in [6.07, 6.45) is 0. The molecule has 0 saturated carbocycles. The van der Waals surface area contributed by atoms with Crippen molar-refractivity contribution in [1.29, 1.82) is 5.26 Å². The molecule has 34 heavy (non-hydrogen) atoms. The molecule has 0 atom stereocenters. The van der Waals surface area contributed by atoms with Gasteiger partial charge < -0.3 is 14.6 Å². The van der Waals surface area contributed by atoms with E-state index in [0.29, 0.717) is 29.1 Å². The van der Waals surface area contributed by atoms with Crippen molar-refractivity contribution >= 4 is 41.3 Å². The molecule has 1 heterocycles. The standard InChI is InChI=1S/C26H22N4O3S/c1-3-29-23-15-20(33-2)12-13-21(23)22(16-27)24(29)18-10-7-11-19(14-18)28-26(32)30(34)25(31)17-8-5-4-6-9-17/h4-15,34H,3H2,1-2H3,(H,28,32). The van der Waals surface area contributed by atoms with Crippen LogP contribution < -0.4 is 10.1 Å². The Morgan fingerprint density at radius 1 is 1.09 bits per heavy atom.